The number of anilines is 1. The van der Waals surface area contributed by atoms with Crippen LogP contribution in [0.15, 0.2) is 18.2 Å². The summed E-state index contributed by atoms with van der Waals surface area (Å²) in [4.78, 5) is 2.10. The summed E-state index contributed by atoms with van der Waals surface area (Å²) >= 11 is 5.75. The van der Waals surface area contributed by atoms with Gasteiger partial charge in [0.15, 0.2) is 0 Å². The van der Waals surface area contributed by atoms with Crippen molar-refractivity contribution >= 4 is 17.3 Å². The number of alkyl halides is 1. The number of nitrogens with zero attached hydrogens (tertiary/aromatic N) is 1. The molecule has 0 N–H and O–H groups in total. The number of hydrogen-bond acceptors (Lipinski definition) is 2. The molecule has 0 saturated carbocycles. The second-order valence-electron chi connectivity index (χ2n) is 4.23. The number of halogens is 2. The van der Waals surface area contributed by atoms with Crippen molar-refractivity contribution < 1.29 is 9.13 Å². The molecule has 0 aromatic heterocycles. The first kappa shape index (κ1) is 14.3. The maximum atomic E-state index is 13.4. The molecule has 0 heterocycles. The molecule has 0 amide bonds. The second-order valence-corrected chi connectivity index (χ2v) is 4.50. The van der Waals surface area contributed by atoms with Gasteiger partial charge < -0.3 is 9.64 Å². The molecular weight excluding hydrogens is 241 g/mol. The molecule has 0 aliphatic rings. The van der Waals surface area contributed by atoms with Crippen molar-refractivity contribution in [2.45, 2.75) is 25.8 Å². The summed E-state index contributed by atoms with van der Waals surface area (Å²) in [5.74, 6) is 0.0715. The van der Waals surface area contributed by atoms with E-state index in [-0.39, 0.29) is 11.9 Å². The number of hydrogen-bond donors (Lipinski definition) is 0. The van der Waals surface area contributed by atoms with Crippen LogP contribution in [-0.4, -0.2) is 26.3 Å². The summed E-state index contributed by atoms with van der Waals surface area (Å²) < 4.78 is 18.5. The van der Waals surface area contributed by atoms with Gasteiger partial charge in [0, 0.05) is 31.3 Å². The first-order valence-corrected chi connectivity index (χ1v) is 6.23. The summed E-state index contributed by atoms with van der Waals surface area (Å²) in [5.41, 5.74) is 1.65. The second kappa shape index (κ2) is 6.82. The molecule has 0 fully saturated rings. The van der Waals surface area contributed by atoms with E-state index in [4.69, 9.17) is 16.3 Å². The molecule has 0 aliphatic heterocycles. The van der Waals surface area contributed by atoms with E-state index in [9.17, 15) is 4.39 Å². The average Bonchev–Trinajstić information content (AvgIpc) is 2.28. The lowest BCUT2D eigenvalue weighted by molar-refractivity contribution is 0.204. The van der Waals surface area contributed by atoms with Gasteiger partial charge in [0.2, 0.25) is 0 Å². The lowest BCUT2D eigenvalue weighted by Crippen LogP contribution is -2.33. The molecule has 2 nitrogen and oxygen atoms in total. The van der Waals surface area contributed by atoms with Crippen LogP contribution in [0, 0.1) is 5.82 Å². The molecule has 17 heavy (non-hydrogen) atoms. The van der Waals surface area contributed by atoms with E-state index in [2.05, 4.69) is 18.7 Å². The highest BCUT2D eigenvalue weighted by atomic mass is 35.5. The van der Waals surface area contributed by atoms with E-state index in [1.165, 1.54) is 12.1 Å². The Morgan fingerprint density at radius 2 is 2.06 bits per heavy atom. The van der Waals surface area contributed by atoms with Gasteiger partial charge in [0.25, 0.3) is 0 Å². The largest absolute Gasteiger partial charge is 0.383 e. The van der Waals surface area contributed by atoms with E-state index in [0.29, 0.717) is 12.5 Å². The van der Waals surface area contributed by atoms with Crippen LogP contribution < -0.4 is 4.90 Å². The maximum Gasteiger partial charge on any atom is 0.125 e. The van der Waals surface area contributed by atoms with Crippen molar-refractivity contribution in [1.29, 1.82) is 0 Å². The Balaban J connectivity index is 2.96. The quantitative estimate of drug-likeness (QED) is 0.726. The molecule has 0 unspecified atom stereocenters. The van der Waals surface area contributed by atoms with E-state index in [1.54, 1.807) is 7.11 Å². The molecule has 4 heteroatoms. The molecule has 1 rings (SSSR count). The summed E-state index contributed by atoms with van der Waals surface area (Å²) in [7, 11) is 1.66. The number of rotatable bonds is 6. The van der Waals surface area contributed by atoms with Gasteiger partial charge in [-0.2, -0.15) is 0 Å². The number of methoxy groups -OCH3 is 1. The van der Waals surface area contributed by atoms with Gasteiger partial charge >= 0.3 is 0 Å². The molecule has 1 aromatic rings. The third kappa shape index (κ3) is 4.17. The van der Waals surface area contributed by atoms with Crippen molar-refractivity contribution in [3.8, 4) is 0 Å². The zero-order valence-corrected chi connectivity index (χ0v) is 11.3. The Bertz CT molecular complexity index is 357. The third-order valence-corrected chi connectivity index (χ3v) is 2.90. The van der Waals surface area contributed by atoms with Crippen molar-refractivity contribution in [1.82, 2.24) is 0 Å². The lowest BCUT2D eigenvalue weighted by atomic mass is 10.1. The van der Waals surface area contributed by atoms with Gasteiger partial charge in [-0.1, -0.05) is 0 Å². The number of benzene rings is 1. The first-order chi connectivity index (χ1) is 8.08. The van der Waals surface area contributed by atoms with Gasteiger partial charge in [-0.25, -0.2) is 4.39 Å². The van der Waals surface area contributed by atoms with Crippen molar-refractivity contribution in [3.05, 3.63) is 29.6 Å². The molecule has 0 spiro atoms. The van der Waals surface area contributed by atoms with E-state index in [0.717, 1.165) is 17.8 Å². The molecule has 0 radical (unpaired) electrons. The highest BCUT2D eigenvalue weighted by Crippen LogP contribution is 2.21. The topological polar surface area (TPSA) is 12.5 Å². The van der Waals surface area contributed by atoms with Crippen LogP contribution in [-0.2, 0) is 10.6 Å². The average molecular weight is 260 g/mol. The van der Waals surface area contributed by atoms with Crippen molar-refractivity contribution in [2.75, 3.05) is 25.2 Å². The predicted molar refractivity (Wildman–Crippen MR) is 70.3 cm³/mol. The maximum absolute atomic E-state index is 13.4. The Morgan fingerprint density at radius 1 is 1.35 bits per heavy atom. The van der Waals surface area contributed by atoms with Crippen molar-refractivity contribution in [3.63, 3.8) is 0 Å². The summed E-state index contributed by atoms with van der Waals surface area (Å²) in [5, 5.41) is 0. The van der Waals surface area contributed by atoms with Crippen LogP contribution in [0.3, 0.4) is 0 Å². The Labute approximate surface area is 107 Å². The minimum atomic E-state index is -0.249. The Hall–Kier alpha value is -0.800. The summed E-state index contributed by atoms with van der Waals surface area (Å²) in [6.07, 6.45) is 0. The molecule has 0 bridgehead atoms. The monoisotopic (exact) mass is 259 g/mol. The molecule has 0 aliphatic carbocycles. The molecule has 0 atom stereocenters. The Kier molecular flexibility index (Phi) is 5.72. The summed E-state index contributed by atoms with van der Waals surface area (Å²) in [6.45, 7) is 5.49. The van der Waals surface area contributed by atoms with Crippen LogP contribution in [0.5, 0.6) is 0 Å². The van der Waals surface area contributed by atoms with Gasteiger partial charge in [-0.3, -0.25) is 0 Å². The zero-order chi connectivity index (χ0) is 12.8. The minimum Gasteiger partial charge on any atom is -0.383 e. The first-order valence-electron chi connectivity index (χ1n) is 5.69. The predicted octanol–water partition coefficient (Wildman–Crippen LogP) is 3.43. The molecule has 0 saturated heterocycles. The van der Waals surface area contributed by atoms with Gasteiger partial charge in [0.05, 0.1) is 6.61 Å². The fraction of sp³-hybridized carbons (Fsp3) is 0.538. The van der Waals surface area contributed by atoms with Crippen LogP contribution in [0.2, 0.25) is 0 Å². The smallest absolute Gasteiger partial charge is 0.125 e. The van der Waals surface area contributed by atoms with Crippen molar-refractivity contribution in [2.24, 2.45) is 0 Å². The number of ether oxygens (including phenoxy) is 1. The van der Waals surface area contributed by atoms with Crippen LogP contribution in [0.1, 0.15) is 19.4 Å². The molecular formula is C13H19ClFNO. The fourth-order valence-corrected chi connectivity index (χ4v) is 1.91. The van der Waals surface area contributed by atoms with Gasteiger partial charge in [-0.05, 0) is 37.6 Å². The lowest BCUT2D eigenvalue weighted by Gasteiger charge is -2.29. The Morgan fingerprint density at radius 3 is 2.59 bits per heavy atom. The SMILES string of the molecule is COCCN(c1cc(F)cc(CCl)c1)C(C)C. The summed E-state index contributed by atoms with van der Waals surface area (Å²) in [6, 6.07) is 5.21. The van der Waals surface area contributed by atoms with E-state index >= 15 is 0 Å². The van der Waals surface area contributed by atoms with Gasteiger partial charge in [0.1, 0.15) is 5.82 Å². The minimum absolute atomic E-state index is 0.249. The van der Waals surface area contributed by atoms with Gasteiger partial charge in [-0.15, -0.1) is 11.6 Å². The van der Waals surface area contributed by atoms with E-state index in [1.807, 2.05) is 6.07 Å². The van der Waals surface area contributed by atoms with Crippen LogP contribution in [0.25, 0.3) is 0 Å². The third-order valence-electron chi connectivity index (χ3n) is 2.59. The van der Waals surface area contributed by atoms with E-state index < -0.39 is 0 Å². The fourth-order valence-electron chi connectivity index (χ4n) is 1.75. The molecule has 96 valence electrons. The standard InChI is InChI=1S/C13H19ClFNO/c1-10(2)16(4-5-17-3)13-7-11(9-14)6-12(15)8-13/h6-8,10H,4-5,9H2,1-3H3. The molecule has 1 aromatic carbocycles. The zero-order valence-electron chi connectivity index (χ0n) is 10.5. The normalized spacial score (nSPS) is 10.9. The van der Waals surface area contributed by atoms with Crippen LogP contribution >= 0.6 is 11.6 Å². The van der Waals surface area contributed by atoms with Crippen LogP contribution in [0.4, 0.5) is 10.1 Å². The highest BCUT2D eigenvalue weighted by molar-refractivity contribution is 6.17. The highest BCUT2D eigenvalue weighted by Gasteiger charge is 2.12.